The summed E-state index contributed by atoms with van der Waals surface area (Å²) in [6, 6.07) is 71.5. The van der Waals surface area contributed by atoms with Crippen LogP contribution in [0.1, 0.15) is 0 Å². The molecule has 0 saturated carbocycles. The lowest BCUT2D eigenvalue weighted by atomic mass is 9.79. The number of benzene rings is 8. The van der Waals surface area contributed by atoms with Crippen LogP contribution in [0.25, 0.3) is 44.5 Å². The third kappa shape index (κ3) is 15.1. The summed E-state index contributed by atoms with van der Waals surface area (Å²) in [5.41, 5.74) is 8.61. The first kappa shape index (κ1) is 44.5. The first-order valence-electron chi connectivity index (χ1n) is 21.3. The Morgan fingerprint density at radius 2 is 0.889 bits per heavy atom. The average molecular weight is 851 g/mol. The van der Waals surface area contributed by atoms with Crippen molar-refractivity contribution in [1.82, 2.24) is 0 Å². The SMILES string of the molecule is OC(COc1ccc(-c2ccccc2)cc1)COc1ccccc1-c1ccccc1.Oc1ccccc1-c1ccccc1.[3H]B([B])P.c1ccc(-c2ccccc2OCC2CO2)cc1. The maximum atomic E-state index is 10.3. The van der Waals surface area contributed by atoms with E-state index in [0.717, 1.165) is 62.8 Å². The highest BCUT2D eigenvalue weighted by atomic mass is 31.0. The van der Waals surface area contributed by atoms with Gasteiger partial charge < -0.3 is 29.2 Å². The maximum Gasteiger partial charge on any atom is 0.127 e. The summed E-state index contributed by atoms with van der Waals surface area (Å²) >= 11 is 0. The molecule has 9 rings (SSSR count). The van der Waals surface area contributed by atoms with Crippen LogP contribution in [0.3, 0.4) is 0 Å². The van der Waals surface area contributed by atoms with Crippen LogP contribution >= 0.6 is 9.12 Å². The van der Waals surface area contributed by atoms with E-state index in [2.05, 4.69) is 39.5 Å². The summed E-state index contributed by atoms with van der Waals surface area (Å²) in [6.07, 6.45) is -0.443. The topological polar surface area (TPSA) is 80.7 Å². The number of aliphatic hydroxyl groups is 1. The molecule has 1 heterocycles. The molecule has 0 spiro atoms. The molecule has 3 atom stereocenters. The lowest BCUT2D eigenvalue weighted by Crippen LogP contribution is -2.25. The second-order valence-electron chi connectivity index (χ2n) is 14.2. The molecule has 0 amide bonds. The van der Waals surface area contributed by atoms with Gasteiger partial charge in [0.25, 0.3) is 0 Å². The number of epoxide rings is 1. The van der Waals surface area contributed by atoms with Crippen molar-refractivity contribution < 1.29 is 29.2 Å². The summed E-state index contributed by atoms with van der Waals surface area (Å²) in [5.74, 6) is 2.72. The van der Waals surface area contributed by atoms with Crippen LogP contribution in [0.15, 0.2) is 218 Å². The Balaban J connectivity index is 0.000000168. The van der Waals surface area contributed by atoms with Crippen LogP contribution < -0.4 is 14.2 Å². The molecule has 1 fully saturated rings. The van der Waals surface area contributed by atoms with E-state index in [9.17, 15) is 10.2 Å². The Bertz CT molecular complexity index is 2530. The van der Waals surface area contributed by atoms with E-state index >= 15 is 0 Å². The highest BCUT2D eigenvalue weighted by Crippen LogP contribution is 2.32. The molecular formula is C54H51B2O6P. The molecule has 63 heavy (non-hydrogen) atoms. The predicted octanol–water partition coefficient (Wildman–Crippen LogP) is 11.3. The Kier molecular flexibility index (Phi) is 17.9. The van der Waals surface area contributed by atoms with Crippen LogP contribution in [0.4, 0.5) is 0 Å². The molecule has 9 heteroatoms. The molecular weight excluding hydrogens is 797 g/mol. The van der Waals surface area contributed by atoms with E-state index in [1.807, 2.05) is 182 Å². The second-order valence-corrected chi connectivity index (χ2v) is 14.6. The highest BCUT2D eigenvalue weighted by molar-refractivity contribution is 7.65. The minimum atomic E-state index is -0.734. The van der Waals surface area contributed by atoms with Crippen LogP contribution in [0.2, 0.25) is 0 Å². The lowest BCUT2D eigenvalue weighted by molar-refractivity contribution is 0.0628. The van der Waals surface area contributed by atoms with Gasteiger partial charge in [-0.3, -0.25) is 0 Å². The molecule has 8 aromatic carbocycles. The molecule has 0 aliphatic carbocycles. The van der Waals surface area contributed by atoms with Crippen molar-refractivity contribution in [3.05, 3.63) is 218 Å². The largest absolute Gasteiger partial charge is 0.507 e. The van der Waals surface area contributed by atoms with Crippen molar-refractivity contribution in [2.24, 2.45) is 0 Å². The number of aromatic hydroxyl groups is 1. The standard InChI is InChI=1S/C27H24O3.C15H14O2.C12H10O.B2H3P/c28-24(19-29-25-17-15-22(16-18-25)21-9-3-1-4-10-21)20-30-27-14-8-7-13-26(27)23-11-5-2-6-12-23;1-2-6-12(7-3-1)14-8-4-5-9-15(14)17-11-13-10-16-13;13-12-9-5-4-8-11(12)10-6-2-1-3-7-10;1-2-3/h1-18,24,28H,19-20H2;1-9,13H,10-11H2;1-9,13H;2H,3H2/i;;;2T. The first-order valence-corrected chi connectivity index (χ1v) is 21.4. The monoisotopic (exact) mass is 850 g/mol. The van der Waals surface area contributed by atoms with Gasteiger partial charge in [-0.05, 0) is 59.5 Å². The molecule has 8 aromatic rings. The van der Waals surface area contributed by atoms with Gasteiger partial charge in [-0.15, -0.1) is 0 Å². The van der Waals surface area contributed by atoms with E-state index in [1.165, 1.54) is 5.56 Å². The first-order chi connectivity index (χ1) is 31.3. The van der Waals surface area contributed by atoms with Gasteiger partial charge in [0.15, 0.2) is 0 Å². The number of hydrogen-bond donors (Lipinski definition) is 2. The van der Waals surface area contributed by atoms with Gasteiger partial charge in [0.1, 0.15) is 55.0 Å². The number of aliphatic hydroxyl groups excluding tert-OH is 1. The van der Waals surface area contributed by atoms with Crippen molar-refractivity contribution in [2.75, 3.05) is 26.4 Å². The minimum Gasteiger partial charge on any atom is -0.507 e. The molecule has 2 N–H and O–H groups in total. The van der Waals surface area contributed by atoms with E-state index < -0.39 is 13.0 Å². The molecule has 1 saturated heterocycles. The molecule has 6 nitrogen and oxygen atoms in total. The summed E-state index contributed by atoms with van der Waals surface area (Å²) in [4.78, 5) is 0. The Morgan fingerprint density at radius 1 is 0.524 bits per heavy atom. The third-order valence-electron chi connectivity index (χ3n) is 9.59. The van der Waals surface area contributed by atoms with Crippen molar-refractivity contribution in [3.63, 3.8) is 0 Å². The molecule has 0 aromatic heterocycles. The zero-order valence-corrected chi connectivity index (χ0v) is 36.2. The average Bonchev–Trinajstić information content (AvgIpc) is 4.19. The molecule has 1 aliphatic rings. The fraction of sp³-hybridized carbons (Fsp3) is 0.111. The van der Waals surface area contributed by atoms with Gasteiger partial charge in [-0.2, -0.15) is 9.12 Å². The highest BCUT2D eigenvalue weighted by Gasteiger charge is 2.23. The third-order valence-corrected chi connectivity index (χ3v) is 9.59. The van der Waals surface area contributed by atoms with E-state index in [-0.39, 0.29) is 13.2 Å². The van der Waals surface area contributed by atoms with Gasteiger partial charge in [0, 0.05) is 24.4 Å². The van der Waals surface area contributed by atoms with Crippen molar-refractivity contribution in [1.29, 1.82) is 1.34 Å². The zero-order valence-electron chi connectivity index (χ0n) is 36.0. The van der Waals surface area contributed by atoms with E-state index in [4.69, 9.17) is 28.0 Å². The van der Waals surface area contributed by atoms with Gasteiger partial charge in [-0.1, -0.05) is 188 Å². The van der Waals surface area contributed by atoms with E-state index in [0.29, 0.717) is 18.5 Å². The number of rotatable bonds is 13. The maximum absolute atomic E-state index is 10.3. The van der Waals surface area contributed by atoms with Crippen LogP contribution in [0.5, 0.6) is 23.0 Å². The van der Waals surface area contributed by atoms with Crippen LogP contribution in [-0.2, 0) is 4.74 Å². The van der Waals surface area contributed by atoms with Gasteiger partial charge in [0.05, 0.1) is 13.5 Å². The number of hydrogen-bond acceptors (Lipinski definition) is 6. The minimum absolute atomic E-state index is 0.159. The zero-order chi connectivity index (χ0) is 44.8. The summed E-state index contributed by atoms with van der Waals surface area (Å²) in [6.45, 7) is 1.29. The fourth-order valence-corrected chi connectivity index (χ4v) is 6.38. The number of phenolic OH excluding ortho intramolecular Hbond substituents is 1. The normalized spacial score (nSPS) is 12.8. The number of phenols is 1. The van der Waals surface area contributed by atoms with E-state index in [1.54, 1.807) is 6.07 Å². The molecule has 3 unspecified atom stereocenters. The van der Waals surface area contributed by atoms with Gasteiger partial charge >= 0.3 is 0 Å². The smallest absolute Gasteiger partial charge is 0.127 e. The molecule has 2 radical (unpaired) electrons. The van der Waals surface area contributed by atoms with Crippen molar-refractivity contribution in [2.45, 2.75) is 12.2 Å². The van der Waals surface area contributed by atoms with Gasteiger partial charge in [-0.25, -0.2) is 0 Å². The van der Waals surface area contributed by atoms with Crippen LogP contribution in [0, 0.1) is 0 Å². The Hall–Kier alpha value is -6.56. The molecule has 1 aliphatic heterocycles. The summed E-state index contributed by atoms with van der Waals surface area (Å²) in [7, 11) is 6.84. The van der Waals surface area contributed by atoms with Crippen molar-refractivity contribution in [3.8, 4) is 67.5 Å². The summed E-state index contributed by atoms with van der Waals surface area (Å²) in [5, 5.41) is 19.9. The predicted molar refractivity (Wildman–Crippen MR) is 264 cm³/mol. The number of ether oxygens (including phenoxy) is 4. The Labute approximate surface area is 377 Å². The van der Waals surface area contributed by atoms with Crippen molar-refractivity contribution >= 4 is 23.7 Å². The second kappa shape index (κ2) is 25.4. The number of para-hydroxylation sites is 3. The lowest BCUT2D eigenvalue weighted by Gasteiger charge is -2.16. The van der Waals surface area contributed by atoms with Crippen LogP contribution in [-0.4, -0.2) is 64.8 Å². The quantitative estimate of drug-likeness (QED) is 0.0683. The Morgan fingerprint density at radius 3 is 1.37 bits per heavy atom. The molecule has 0 bridgehead atoms. The molecule has 314 valence electrons. The summed E-state index contributed by atoms with van der Waals surface area (Å²) < 4.78 is 28.9. The van der Waals surface area contributed by atoms with Gasteiger partial charge in [0.2, 0.25) is 0 Å². The fourth-order valence-electron chi connectivity index (χ4n) is 6.38.